The van der Waals surface area contributed by atoms with Gasteiger partial charge in [0.1, 0.15) is 11.6 Å². The van der Waals surface area contributed by atoms with E-state index in [9.17, 15) is 4.79 Å². The van der Waals surface area contributed by atoms with Crippen molar-refractivity contribution < 1.29 is 9.21 Å². The molecular weight excluding hydrogens is 422 g/mol. The highest BCUT2D eigenvalue weighted by Crippen LogP contribution is 2.24. The molecule has 0 spiro atoms. The minimum absolute atomic E-state index is 0.00445. The van der Waals surface area contributed by atoms with Gasteiger partial charge in [0.2, 0.25) is 5.91 Å². The van der Waals surface area contributed by atoms with Gasteiger partial charge >= 0.3 is 0 Å². The maximum Gasteiger partial charge on any atom is 0.233 e. The predicted octanol–water partition coefficient (Wildman–Crippen LogP) is 4.50. The molecule has 3 aromatic heterocycles. The van der Waals surface area contributed by atoms with Crippen molar-refractivity contribution in [2.45, 2.75) is 25.2 Å². The third kappa shape index (κ3) is 4.22. The fourth-order valence-corrected chi connectivity index (χ4v) is 4.42. The van der Waals surface area contributed by atoms with Gasteiger partial charge in [-0.3, -0.25) is 4.79 Å². The summed E-state index contributed by atoms with van der Waals surface area (Å²) in [5.74, 6) is 1.64. The standard InChI is InChI=1S/C24H21N5O2S/c1-17-25-23-20-11-5-6-12-21(20)26-24(29(23)27-17)32-16-22(30)28(15-19-10-7-13-31-19)14-18-8-3-2-4-9-18/h2-13H,14-16H2,1H3. The number of hydrogen-bond acceptors (Lipinski definition) is 6. The van der Waals surface area contributed by atoms with Crippen LogP contribution in [0.1, 0.15) is 17.1 Å². The zero-order chi connectivity index (χ0) is 21.9. The molecule has 0 fully saturated rings. The zero-order valence-electron chi connectivity index (χ0n) is 17.5. The van der Waals surface area contributed by atoms with Crippen LogP contribution in [0.3, 0.4) is 0 Å². The quantitative estimate of drug-likeness (QED) is 0.272. The molecule has 0 N–H and O–H groups in total. The molecule has 0 aliphatic carbocycles. The van der Waals surface area contributed by atoms with Crippen molar-refractivity contribution in [1.82, 2.24) is 24.5 Å². The lowest BCUT2D eigenvalue weighted by atomic mass is 10.2. The minimum atomic E-state index is -0.00445. The van der Waals surface area contributed by atoms with Crippen molar-refractivity contribution in [2.75, 3.05) is 5.75 Å². The maximum atomic E-state index is 13.2. The highest BCUT2D eigenvalue weighted by molar-refractivity contribution is 7.99. The van der Waals surface area contributed by atoms with Crippen LogP contribution in [-0.4, -0.2) is 36.1 Å². The lowest BCUT2D eigenvalue weighted by Gasteiger charge is -2.21. The Morgan fingerprint density at radius 2 is 1.81 bits per heavy atom. The number of nitrogens with zero attached hydrogens (tertiary/aromatic N) is 5. The number of aryl methyl sites for hydroxylation is 1. The Morgan fingerprint density at radius 3 is 2.62 bits per heavy atom. The van der Waals surface area contributed by atoms with E-state index in [1.54, 1.807) is 15.7 Å². The molecule has 0 unspecified atom stereocenters. The highest BCUT2D eigenvalue weighted by Gasteiger charge is 2.19. The molecule has 7 nitrogen and oxygen atoms in total. The second-order valence-corrected chi connectivity index (χ2v) is 8.35. The van der Waals surface area contributed by atoms with Gasteiger partial charge in [-0.15, -0.1) is 5.10 Å². The fourth-order valence-electron chi connectivity index (χ4n) is 3.57. The van der Waals surface area contributed by atoms with Crippen molar-refractivity contribution >= 4 is 34.2 Å². The van der Waals surface area contributed by atoms with Crippen LogP contribution in [0.4, 0.5) is 0 Å². The molecule has 1 amide bonds. The van der Waals surface area contributed by atoms with Gasteiger partial charge < -0.3 is 9.32 Å². The van der Waals surface area contributed by atoms with Gasteiger partial charge in [0.25, 0.3) is 0 Å². The van der Waals surface area contributed by atoms with Crippen molar-refractivity contribution in [3.63, 3.8) is 0 Å². The summed E-state index contributed by atoms with van der Waals surface area (Å²) in [4.78, 5) is 24.3. The Morgan fingerprint density at radius 1 is 1.00 bits per heavy atom. The van der Waals surface area contributed by atoms with Crippen LogP contribution in [0.15, 0.2) is 82.6 Å². The Labute approximate surface area is 189 Å². The Bertz CT molecular complexity index is 1370. The van der Waals surface area contributed by atoms with E-state index in [0.29, 0.717) is 24.1 Å². The summed E-state index contributed by atoms with van der Waals surface area (Å²) >= 11 is 1.37. The smallest absolute Gasteiger partial charge is 0.233 e. The number of carbonyl (C=O) groups excluding carboxylic acids is 1. The lowest BCUT2D eigenvalue weighted by molar-refractivity contribution is -0.129. The van der Waals surface area contributed by atoms with E-state index in [2.05, 4.69) is 10.1 Å². The van der Waals surface area contributed by atoms with E-state index in [-0.39, 0.29) is 11.7 Å². The van der Waals surface area contributed by atoms with Gasteiger partial charge in [-0.1, -0.05) is 54.2 Å². The average Bonchev–Trinajstić information content (AvgIpc) is 3.47. The van der Waals surface area contributed by atoms with Crippen molar-refractivity contribution in [2.24, 2.45) is 0 Å². The molecule has 0 atom stereocenters. The first-order chi connectivity index (χ1) is 15.7. The number of aromatic nitrogens is 4. The molecule has 2 aromatic carbocycles. The molecule has 0 bridgehead atoms. The highest BCUT2D eigenvalue weighted by atomic mass is 32.2. The van der Waals surface area contributed by atoms with E-state index >= 15 is 0 Å². The molecule has 5 rings (SSSR count). The maximum absolute atomic E-state index is 13.2. The van der Waals surface area contributed by atoms with Crippen molar-refractivity contribution in [1.29, 1.82) is 0 Å². The van der Waals surface area contributed by atoms with Gasteiger partial charge in [-0.25, -0.2) is 9.97 Å². The third-order valence-electron chi connectivity index (χ3n) is 5.08. The molecule has 32 heavy (non-hydrogen) atoms. The van der Waals surface area contributed by atoms with Gasteiger partial charge in [-0.2, -0.15) is 4.52 Å². The average molecular weight is 444 g/mol. The van der Waals surface area contributed by atoms with Crippen LogP contribution in [-0.2, 0) is 17.9 Å². The predicted molar refractivity (Wildman–Crippen MR) is 123 cm³/mol. The molecule has 0 saturated carbocycles. The molecule has 8 heteroatoms. The Kier molecular flexibility index (Phi) is 5.60. The van der Waals surface area contributed by atoms with Crippen LogP contribution in [0.25, 0.3) is 16.6 Å². The summed E-state index contributed by atoms with van der Waals surface area (Å²) in [6, 6.07) is 21.5. The number of thioether (sulfide) groups is 1. The van der Waals surface area contributed by atoms with E-state index in [1.807, 2.05) is 73.7 Å². The van der Waals surface area contributed by atoms with Gasteiger partial charge in [0.15, 0.2) is 10.8 Å². The first-order valence-corrected chi connectivity index (χ1v) is 11.2. The zero-order valence-corrected chi connectivity index (χ0v) is 18.3. The summed E-state index contributed by atoms with van der Waals surface area (Å²) in [6.45, 7) is 2.76. The summed E-state index contributed by atoms with van der Waals surface area (Å²) in [5.41, 5.74) is 2.65. The van der Waals surface area contributed by atoms with Crippen LogP contribution < -0.4 is 0 Å². The topological polar surface area (TPSA) is 76.5 Å². The number of para-hydroxylation sites is 1. The number of fused-ring (bicyclic) bond motifs is 3. The summed E-state index contributed by atoms with van der Waals surface area (Å²) in [5, 5.41) is 6.08. The SMILES string of the molecule is Cc1nc2c3ccccc3nc(SCC(=O)N(Cc3ccccc3)Cc3ccco3)n2n1. The Hall–Kier alpha value is -3.65. The molecule has 3 heterocycles. The van der Waals surface area contributed by atoms with E-state index in [0.717, 1.165) is 27.9 Å². The van der Waals surface area contributed by atoms with Crippen LogP contribution >= 0.6 is 11.8 Å². The second-order valence-electron chi connectivity index (χ2n) is 7.41. The van der Waals surface area contributed by atoms with Crippen molar-refractivity contribution in [3.05, 3.63) is 90.1 Å². The molecular formula is C24H21N5O2S. The van der Waals surface area contributed by atoms with E-state index in [4.69, 9.17) is 9.40 Å². The van der Waals surface area contributed by atoms with Gasteiger partial charge in [0, 0.05) is 11.9 Å². The molecule has 0 aliphatic rings. The van der Waals surface area contributed by atoms with Crippen LogP contribution in [0.2, 0.25) is 0 Å². The lowest BCUT2D eigenvalue weighted by Crippen LogP contribution is -2.31. The van der Waals surface area contributed by atoms with Gasteiger partial charge in [-0.05, 0) is 36.8 Å². The monoisotopic (exact) mass is 443 g/mol. The number of amides is 1. The van der Waals surface area contributed by atoms with Gasteiger partial charge in [0.05, 0.1) is 24.1 Å². The molecule has 0 saturated heterocycles. The normalized spacial score (nSPS) is 11.3. The minimum Gasteiger partial charge on any atom is -0.467 e. The molecule has 5 aromatic rings. The summed E-state index contributed by atoms with van der Waals surface area (Å²) < 4.78 is 7.21. The summed E-state index contributed by atoms with van der Waals surface area (Å²) in [6.07, 6.45) is 1.62. The number of hydrogen-bond donors (Lipinski definition) is 0. The molecule has 160 valence electrons. The van der Waals surface area contributed by atoms with Crippen molar-refractivity contribution in [3.8, 4) is 0 Å². The number of carbonyl (C=O) groups is 1. The molecule has 0 aliphatic heterocycles. The molecule has 0 radical (unpaired) electrons. The Balaban J connectivity index is 1.40. The first-order valence-electron chi connectivity index (χ1n) is 10.3. The van der Waals surface area contributed by atoms with E-state index < -0.39 is 0 Å². The fraction of sp³-hybridized carbons (Fsp3) is 0.167. The third-order valence-corrected chi connectivity index (χ3v) is 5.99. The largest absolute Gasteiger partial charge is 0.467 e. The first kappa shape index (κ1) is 20.3. The van der Waals surface area contributed by atoms with E-state index in [1.165, 1.54) is 11.8 Å². The van der Waals surface area contributed by atoms with Crippen LogP contribution in [0, 0.1) is 6.92 Å². The summed E-state index contributed by atoms with van der Waals surface area (Å²) in [7, 11) is 0. The van der Waals surface area contributed by atoms with Crippen LogP contribution in [0.5, 0.6) is 0 Å². The number of benzene rings is 2. The second kappa shape index (κ2) is 8.84. The number of rotatable bonds is 7. The number of furan rings is 1.